The number of rotatable bonds is 8. The molecular weight excluding hydrogens is 381 g/mol. The summed E-state index contributed by atoms with van der Waals surface area (Å²) in [6.07, 6.45) is 2.12. The summed E-state index contributed by atoms with van der Waals surface area (Å²) in [5.74, 6) is 1.58. The van der Waals surface area contributed by atoms with Gasteiger partial charge in [0.1, 0.15) is 11.5 Å². The van der Waals surface area contributed by atoms with Crippen molar-refractivity contribution in [3.8, 4) is 11.5 Å². The van der Waals surface area contributed by atoms with E-state index in [9.17, 15) is 0 Å². The number of nitrogens with one attached hydrogen (secondary N) is 1. The maximum Gasteiger partial charge on any atom is 0.214 e. The van der Waals surface area contributed by atoms with E-state index >= 15 is 0 Å². The molecule has 1 unspecified atom stereocenters. The molecule has 0 aromatic heterocycles. The Morgan fingerprint density at radius 2 is 1.56 bits per heavy atom. The second-order valence-corrected chi connectivity index (χ2v) is 7.99. The van der Waals surface area contributed by atoms with Gasteiger partial charge in [0.25, 0.3) is 0 Å². The van der Waals surface area contributed by atoms with Crippen LogP contribution in [-0.4, -0.2) is 17.5 Å². The Morgan fingerprint density at radius 3 is 2.08 bits per heavy atom. The fourth-order valence-corrected chi connectivity index (χ4v) is 2.84. The lowest BCUT2D eigenvalue weighted by atomic mass is 10.1. The molecule has 0 bridgehead atoms. The minimum atomic E-state index is -1.51. The average Bonchev–Trinajstić information content (AvgIpc) is 2.60. The largest absolute Gasteiger partial charge is 0.497 e. The van der Waals surface area contributed by atoms with Crippen LogP contribution in [0.4, 0.5) is 5.69 Å². The highest BCUT2D eigenvalue weighted by Crippen LogP contribution is 2.42. The van der Waals surface area contributed by atoms with Gasteiger partial charge >= 0.3 is 0 Å². The smallest absolute Gasteiger partial charge is 0.214 e. The first-order valence-corrected chi connectivity index (χ1v) is 9.27. The third kappa shape index (κ3) is 6.18. The normalized spacial score (nSPS) is 12.5. The number of halogens is 3. The summed E-state index contributed by atoms with van der Waals surface area (Å²) >= 11 is 18.6. The summed E-state index contributed by atoms with van der Waals surface area (Å²) < 4.78 is 9.33. The Bertz CT molecular complexity index is 639. The van der Waals surface area contributed by atoms with Gasteiger partial charge in [-0.25, -0.2) is 0 Å². The Morgan fingerprint density at radius 1 is 0.960 bits per heavy atom. The fourth-order valence-electron chi connectivity index (χ4n) is 2.30. The number of unbranched alkanes of at least 4 members (excludes halogenated alkanes) is 1. The van der Waals surface area contributed by atoms with Gasteiger partial charge in [-0.3, -0.25) is 0 Å². The van der Waals surface area contributed by atoms with Crippen molar-refractivity contribution in [3.63, 3.8) is 0 Å². The van der Waals surface area contributed by atoms with Gasteiger partial charge < -0.3 is 14.8 Å². The van der Waals surface area contributed by atoms with Crippen molar-refractivity contribution < 1.29 is 9.47 Å². The number of methoxy groups -OCH3 is 1. The van der Waals surface area contributed by atoms with Crippen molar-refractivity contribution >= 4 is 40.5 Å². The maximum absolute atomic E-state index is 6.20. The van der Waals surface area contributed by atoms with Crippen LogP contribution in [0.2, 0.25) is 0 Å². The van der Waals surface area contributed by atoms with Gasteiger partial charge in [0, 0.05) is 5.69 Å². The maximum atomic E-state index is 6.20. The second kappa shape index (κ2) is 9.42. The van der Waals surface area contributed by atoms with Gasteiger partial charge in [0.15, 0.2) is 0 Å². The van der Waals surface area contributed by atoms with E-state index in [1.807, 2.05) is 48.5 Å². The molecule has 1 N–H and O–H groups in total. The predicted octanol–water partition coefficient (Wildman–Crippen LogP) is 6.40. The number of hydrogen-bond donors (Lipinski definition) is 1. The van der Waals surface area contributed by atoms with Crippen molar-refractivity contribution in [3.05, 3.63) is 54.1 Å². The quantitative estimate of drug-likeness (QED) is 0.409. The van der Waals surface area contributed by atoms with E-state index in [1.54, 1.807) is 7.11 Å². The average molecular weight is 403 g/mol. The van der Waals surface area contributed by atoms with Crippen LogP contribution in [0.1, 0.15) is 31.4 Å². The molecule has 0 aliphatic rings. The molecule has 0 radical (unpaired) electrons. The van der Waals surface area contributed by atoms with Crippen molar-refractivity contribution in [2.45, 2.75) is 29.6 Å². The summed E-state index contributed by atoms with van der Waals surface area (Å²) in [6.45, 7) is 2.83. The van der Waals surface area contributed by atoms with Crippen molar-refractivity contribution in [2.24, 2.45) is 0 Å². The predicted molar refractivity (Wildman–Crippen MR) is 106 cm³/mol. The number of ether oxygens (including phenoxy) is 2. The van der Waals surface area contributed by atoms with E-state index in [4.69, 9.17) is 44.3 Å². The Labute approximate surface area is 164 Å². The summed E-state index contributed by atoms with van der Waals surface area (Å²) in [4.78, 5) is 0. The first-order valence-electron chi connectivity index (χ1n) is 8.14. The van der Waals surface area contributed by atoms with E-state index in [1.165, 1.54) is 0 Å². The molecule has 0 spiro atoms. The van der Waals surface area contributed by atoms with Gasteiger partial charge in [-0.05, 0) is 48.4 Å². The highest BCUT2D eigenvalue weighted by molar-refractivity contribution is 6.68. The second-order valence-electron chi connectivity index (χ2n) is 5.62. The highest BCUT2D eigenvalue weighted by Gasteiger charge is 2.34. The number of benzene rings is 2. The lowest BCUT2D eigenvalue weighted by Gasteiger charge is -2.27. The third-order valence-electron chi connectivity index (χ3n) is 3.71. The van der Waals surface area contributed by atoms with Crippen LogP contribution in [-0.2, 0) is 0 Å². The van der Waals surface area contributed by atoms with Crippen molar-refractivity contribution in [1.82, 2.24) is 0 Å². The summed E-state index contributed by atoms with van der Waals surface area (Å²) in [7, 11) is 1.62. The topological polar surface area (TPSA) is 30.5 Å². The molecule has 25 heavy (non-hydrogen) atoms. The van der Waals surface area contributed by atoms with E-state index in [0.29, 0.717) is 6.61 Å². The molecule has 0 heterocycles. The molecule has 3 nitrogen and oxygen atoms in total. The summed E-state index contributed by atoms with van der Waals surface area (Å²) in [6, 6.07) is 14.6. The molecule has 136 valence electrons. The van der Waals surface area contributed by atoms with Gasteiger partial charge in [-0.1, -0.05) is 60.3 Å². The van der Waals surface area contributed by atoms with Gasteiger partial charge in [-0.2, -0.15) is 0 Å². The number of hydrogen-bond acceptors (Lipinski definition) is 3. The summed E-state index contributed by atoms with van der Waals surface area (Å²) in [5, 5.41) is 3.27. The van der Waals surface area contributed by atoms with E-state index in [2.05, 4.69) is 12.2 Å². The van der Waals surface area contributed by atoms with Crippen LogP contribution < -0.4 is 14.8 Å². The lowest BCUT2D eigenvalue weighted by Crippen LogP contribution is -2.25. The van der Waals surface area contributed by atoms with E-state index in [-0.39, 0.29) is 0 Å². The van der Waals surface area contributed by atoms with Crippen LogP contribution in [0.15, 0.2) is 48.5 Å². The zero-order chi connectivity index (χ0) is 18.3. The third-order valence-corrected chi connectivity index (χ3v) is 4.36. The molecule has 0 aliphatic heterocycles. The van der Waals surface area contributed by atoms with Gasteiger partial charge in [0.05, 0.1) is 19.8 Å². The van der Waals surface area contributed by atoms with Crippen LogP contribution in [0.5, 0.6) is 11.5 Å². The Hall–Kier alpha value is -1.29. The highest BCUT2D eigenvalue weighted by atomic mass is 35.6. The zero-order valence-electron chi connectivity index (χ0n) is 14.3. The standard InChI is InChI=1S/C19H22Cl3NO2/c1-3-4-13-25-17-9-5-14(6-10-17)18(19(20,21)22)23-15-7-11-16(24-2)12-8-15/h5-12,18,23H,3-4,13H2,1-2H3. The zero-order valence-corrected chi connectivity index (χ0v) is 16.5. The fraction of sp³-hybridized carbons (Fsp3) is 0.368. The van der Waals surface area contributed by atoms with Gasteiger partial charge in [-0.15, -0.1) is 0 Å². The van der Waals surface area contributed by atoms with E-state index < -0.39 is 9.83 Å². The molecule has 0 saturated heterocycles. The Balaban J connectivity index is 2.13. The molecule has 1 atom stereocenters. The molecule has 0 fully saturated rings. The van der Waals surface area contributed by atoms with Crippen LogP contribution in [0.25, 0.3) is 0 Å². The molecule has 0 saturated carbocycles. The van der Waals surface area contributed by atoms with Crippen molar-refractivity contribution in [2.75, 3.05) is 19.0 Å². The van der Waals surface area contributed by atoms with E-state index in [0.717, 1.165) is 35.6 Å². The molecule has 2 rings (SSSR count). The van der Waals surface area contributed by atoms with Crippen LogP contribution in [0.3, 0.4) is 0 Å². The number of alkyl halides is 3. The molecule has 6 heteroatoms. The van der Waals surface area contributed by atoms with Crippen molar-refractivity contribution in [1.29, 1.82) is 0 Å². The monoisotopic (exact) mass is 401 g/mol. The molecule has 0 amide bonds. The molecule has 2 aromatic carbocycles. The van der Waals surface area contributed by atoms with Crippen LogP contribution >= 0.6 is 34.8 Å². The minimum Gasteiger partial charge on any atom is -0.497 e. The summed E-state index contributed by atoms with van der Waals surface area (Å²) in [5.41, 5.74) is 1.69. The van der Waals surface area contributed by atoms with Crippen LogP contribution in [0, 0.1) is 0 Å². The molecule has 0 aliphatic carbocycles. The van der Waals surface area contributed by atoms with Gasteiger partial charge in [0.2, 0.25) is 3.79 Å². The SMILES string of the molecule is CCCCOc1ccc(C(Nc2ccc(OC)cc2)C(Cl)(Cl)Cl)cc1. The first-order chi connectivity index (χ1) is 11.9. The minimum absolute atomic E-state index is 0.504. The number of anilines is 1. The molecule has 2 aromatic rings. The lowest BCUT2D eigenvalue weighted by molar-refractivity contribution is 0.309. The molecular formula is C19H22Cl3NO2. The first kappa shape index (κ1) is 20.0. The Kier molecular flexibility index (Phi) is 7.55.